The monoisotopic (exact) mass is 440 g/mol. The highest BCUT2D eigenvalue weighted by Gasteiger charge is 2.16. The summed E-state index contributed by atoms with van der Waals surface area (Å²) in [7, 11) is 2.61. The number of hydrogen-bond acceptors (Lipinski definition) is 6. The number of carbonyl (C=O) groups excluding carboxylic acids is 3. The molecule has 0 atom stereocenters. The first-order chi connectivity index (χ1) is 14.6. The van der Waals surface area contributed by atoms with Gasteiger partial charge < -0.3 is 14.0 Å². The van der Waals surface area contributed by atoms with E-state index in [-0.39, 0.29) is 12.0 Å². The molecule has 0 spiro atoms. The summed E-state index contributed by atoms with van der Waals surface area (Å²) in [5, 5.41) is 0. The number of thiazole rings is 1. The number of fused-ring (bicyclic) bond motifs is 1. The van der Waals surface area contributed by atoms with Gasteiger partial charge in [-0.05, 0) is 41.3 Å². The quantitative estimate of drug-likeness (QED) is 0.578. The van der Waals surface area contributed by atoms with Crippen LogP contribution in [0.2, 0.25) is 0 Å². The average molecular weight is 441 g/mol. The van der Waals surface area contributed by atoms with Gasteiger partial charge in [0.2, 0.25) is 0 Å². The Balaban J connectivity index is 2.08. The topological polar surface area (TPSA) is 87.0 Å². The lowest BCUT2D eigenvalue weighted by molar-refractivity contribution is -0.141. The van der Waals surface area contributed by atoms with E-state index in [0.29, 0.717) is 26.1 Å². The van der Waals surface area contributed by atoms with Crippen LogP contribution in [0.1, 0.15) is 47.1 Å². The summed E-state index contributed by atoms with van der Waals surface area (Å²) in [5.41, 5.74) is 2.58. The summed E-state index contributed by atoms with van der Waals surface area (Å²) in [6.07, 6.45) is 0. The van der Waals surface area contributed by atoms with Crippen LogP contribution >= 0.6 is 11.3 Å². The zero-order valence-corrected chi connectivity index (χ0v) is 18.9. The number of hydrogen-bond donors (Lipinski definition) is 0. The minimum atomic E-state index is -0.472. The van der Waals surface area contributed by atoms with Crippen LogP contribution in [0.4, 0.5) is 0 Å². The summed E-state index contributed by atoms with van der Waals surface area (Å²) in [5.74, 6) is -1.36. The SMILES string of the molecule is COC(=O)Cn1c(=NC(=O)c2ccc(C(C)(C)C)cc2)sc2cc(C(=O)OC)ccc21. The molecule has 1 aromatic heterocycles. The van der Waals surface area contributed by atoms with E-state index in [2.05, 4.69) is 25.8 Å². The number of nitrogens with zero attached hydrogens (tertiary/aromatic N) is 2. The molecule has 3 aromatic rings. The largest absolute Gasteiger partial charge is 0.468 e. The van der Waals surface area contributed by atoms with E-state index in [1.807, 2.05) is 12.1 Å². The molecule has 1 amide bonds. The van der Waals surface area contributed by atoms with Gasteiger partial charge in [0, 0.05) is 5.56 Å². The van der Waals surface area contributed by atoms with Crippen LogP contribution < -0.4 is 4.80 Å². The van der Waals surface area contributed by atoms with Crippen molar-refractivity contribution in [1.29, 1.82) is 0 Å². The minimum Gasteiger partial charge on any atom is -0.468 e. The lowest BCUT2D eigenvalue weighted by atomic mass is 9.87. The van der Waals surface area contributed by atoms with Gasteiger partial charge in [-0.2, -0.15) is 4.99 Å². The number of amides is 1. The molecule has 0 saturated heterocycles. The van der Waals surface area contributed by atoms with Crippen LogP contribution in [0.25, 0.3) is 10.2 Å². The summed E-state index contributed by atoms with van der Waals surface area (Å²) in [6.45, 7) is 6.19. The van der Waals surface area contributed by atoms with Gasteiger partial charge in [-0.3, -0.25) is 9.59 Å². The summed E-state index contributed by atoms with van der Waals surface area (Å²) in [6, 6.07) is 12.3. The molecule has 31 heavy (non-hydrogen) atoms. The number of esters is 2. The predicted octanol–water partition coefficient (Wildman–Crippen LogP) is 3.70. The van der Waals surface area contributed by atoms with Gasteiger partial charge in [-0.15, -0.1) is 0 Å². The molecule has 0 aliphatic carbocycles. The first-order valence-corrected chi connectivity index (χ1v) is 10.4. The Bertz CT molecular complexity index is 1210. The van der Waals surface area contributed by atoms with Gasteiger partial charge in [0.1, 0.15) is 6.54 Å². The minimum absolute atomic E-state index is 0.0227. The van der Waals surface area contributed by atoms with Crippen molar-refractivity contribution in [3.05, 3.63) is 64.0 Å². The molecule has 0 saturated carbocycles. The summed E-state index contributed by atoms with van der Waals surface area (Å²) in [4.78, 5) is 41.2. The highest BCUT2D eigenvalue weighted by molar-refractivity contribution is 7.16. The molecular formula is C23H24N2O5S. The first kappa shape index (κ1) is 22.4. The van der Waals surface area contributed by atoms with Crippen LogP contribution in [0.5, 0.6) is 0 Å². The van der Waals surface area contributed by atoms with Gasteiger partial charge in [0.25, 0.3) is 5.91 Å². The molecule has 7 nitrogen and oxygen atoms in total. The predicted molar refractivity (Wildman–Crippen MR) is 118 cm³/mol. The number of ether oxygens (including phenoxy) is 2. The molecule has 0 fully saturated rings. The third-order valence-electron chi connectivity index (χ3n) is 4.81. The van der Waals surface area contributed by atoms with Gasteiger partial charge in [-0.1, -0.05) is 44.2 Å². The fourth-order valence-corrected chi connectivity index (χ4v) is 4.08. The fraction of sp³-hybridized carbons (Fsp3) is 0.304. The fourth-order valence-electron chi connectivity index (χ4n) is 3.01. The number of methoxy groups -OCH3 is 2. The van der Waals surface area contributed by atoms with Gasteiger partial charge in [0.15, 0.2) is 4.80 Å². The Morgan fingerprint density at radius 1 is 0.968 bits per heavy atom. The van der Waals surface area contributed by atoms with Crippen molar-refractivity contribution in [3.63, 3.8) is 0 Å². The van der Waals surface area contributed by atoms with E-state index in [9.17, 15) is 14.4 Å². The lowest BCUT2D eigenvalue weighted by Crippen LogP contribution is -2.22. The van der Waals surface area contributed by atoms with Gasteiger partial charge >= 0.3 is 11.9 Å². The maximum Gasteiger partial charge on any atom is 0.337 e. The third-order valence-corrected chi connectivity index (χ3v) is 5.85. The van der Waals surface area contributed by atoms with E-state index in [1.54, 1.807) is 34.9 Å². The first-order valence-electron chi connectivity index (χ1n) is 9.62. The Hall–Kier alpha value is -3.26. The molecular weight excluding hydrogens is 416 g/mol. The van der Waals surface area contributed by atoms with Crippen molar-refractivity contribution in [2.24, 2.45) is 4.99 Å². The van der Waals surface area contributed by atoms with Crippen LogP contribution in [0, 0.1) is 0 Å². The maximum atomic E-state index is 12.8. The molecule has 0 radical (unpaired) electrons. The van der Waals surface area contributed by atoms with E-state index in [1.165, 1.54) is 25.6 Å². The van der Waals surface area contributed by atoms with E-state index >= 15 is 0 Å². The van der Waals surface area contributed by atoms with Crippen molar-refractivity contribution >= 4 is 39.4 Å². The zero-order valence-electron chi connectivity index (χ0n) is 18.1. The van der Waals surface area contributed by atoms with Crippen molar-refractivity contribution in [2.75, 3.05) is 14.2 Å². The van der Waals surface area contributed by atoms with Crippen molar-refractivity contribution in [1.82, 2.24) is 4.57 Å². The van der Waals surface area contributed by atoms with Crippen LogP contribution in [0.15, 0.2) is 47.5 Å². The highest BCUT2D eigenvalue weighted by Crippen LogP contribution is 2.23. The molecule has 0 aliphatic rings. The lowest BCUT2D eigenvalue weighted by Gasteiger charge is -2.18. The normalized spacial score (nSPS) is 12.1. The molecule has 162 valence electrons. The molecule has 3 rings (SSSR count). The van der Waals surface area contributed by atoms with Crippen LogP contribution in [-0.2, 0) is 26.2 Å². The Labute approximate surface area is 183 Å². The smallest absolute Gasteiger partial charge is 0.337 e. The van der Waals surface area contributed by atoms with Crippen LogP contribution in [-0.4, -0.2) is 36.6 Å². The van der Waals surface area contributed by atoms with E-state index < -0.39 is 17.8 Å². The van der Waals surface area contributed by atoms with Gasteiger partial charge in [0.05, 0.1) is 30.0 Å². The number of benzene rings is 2. The standard InChI is InChI=1S/C23H24N2O5S/c1-23(2,3)16-9-6-14(7-10-16)20(27)24-22-25(13-19(26)29-4)17-11-8-15(21(28)30-5)12-18(17)31-22/h6-12H,13H2,1-5H3. The average Bonchev–Trinajstić information content (AvgIpc) is 3.08. The third kappa shape index (κ3) is 4.91. The number of aromatic nitrogens is 1. The number of carbonyl (C=O) groups is 3. The van der Waals surface area contributed by atoms with Crippen molar-refractivity contribution < 1.29 is 23.9 Å². The van der Waals surface area contributed by atoms with E-state index in [4.69, 9.17) is 9.47 Å². The van der Waals surface area contributed by atoms with Crippen LogP contribution in [0.3, 0.4) is 0 Å². The molecule has 2 aromatic carbocycles. The molecule has 0 N–H and O–H groups in total. The second kappa shape index (κ2) is 8.85. The maximum absolute atomic E-state index is 12.8. The zero-order chi connectivity index (χ0) is 22.8. The Kier molecular flexibility index (Phi) is 6.40. The summed E-state index contributed by atoms with van der Waals surface area (Å²) < 4.78 is 11.9. The summed E-state index contributed by atoms with van der Waals surface area (Å²) >= 11 is 1.21. The van der Waals surface area contributed by atoms with Crippen molar-refractivity contribution in [2.45, 2.75) is 32.7 Å². The molecule has 0 unspecified atom stereocenters. The Morgan fingerprint density at radius 3 is 2.19 bits per heavy atom. The number of rotatable bonds is 4. The van der Waals surface area contributed by atoms with Crippen molar-refractivity contribution in [3.8, 4) is 0 Å². The molecule has 8 heteroatoms. The van der Waals surface area contributed by atoms with E-state index in [0.717, 1.165) is 5.56 Å². The molecule has 1 heterocycles. The van der Waals surface area contributed by atoms with Gasteiger partial charge in [-0.25, -0.2) is 4.79 Å². The second-order valence-electron chi connectivity index (χ2n) is 7.97. The Morgan fingerprint density at radius 2 is 1.61 bits per heavy atom. The molecule has 0 aliphatic heterocycles. The molecule has 0 bridgehead atoms. The highest BCUT2D eigenvalue weighted by atomic mass is 32.1. The second-order valence-corrected chi connectivity index (χ2v) is 8.97.